The summed E-state index contributed by atoms with van der Waals surface area (Å²) in [7, 11) is 0. The average Bonchev–Trinajstić information content (AvgIpc) is 2.94. The van der Waals surface area contributed by atoms with Crippen LogP contribution in [0, 0.1) is 5.92 Å². The number of phenols is 1. The molecule has 0 saturated carbocycles. The Morgan fingerprint density at radius 1 is 0.949 bits per heavy atom. The highest BCUT2D eigenvalue weighted by molar-refractivity contribution is 5.95. The van der Waals surface area contributed by atoms with Gasteiger partial charge in [-0.2, -0.15) is 0 Å². The summed E-state index contributed by atoms with van der Waals surface area (Å²) in [5.74, 6) is 1.81. The number of aryl methyl sites for hydroxylation is 1. The van der Waals surface area contributed by atoms with E-state index in [0.29, 0.717) is 37.5 Å². The molecule has 2 aliphatic rings. The van der Waals surface area contributed by atoms with Crippen molar-refractivity contribution in [3.63, 3.8) is 0 Å². The van der Waals surface area contributed by atoms with Crippen molar-refractivity contribution in [2.75, 3.05) is 6.61 Å². The Morgan fingerprint density at radius 3 is 2.51 bits per heavy atom. The van der Waals surface area contributed by atoms with Crippen LogP contribution in [0.4, 0.5) is 0 Å². The van der Waals surface area contributed by atoms with Crippen LogP contribution < -0.4 is 10.1 Å². The van der Waals surface area contributed by atoms with Crippen molar-refractivity contribution in [3.8, 4) is 11.5 Å². The minimum Gasteiger partial charge on any atom is -0.508 e. The highest BCUT2D eigenvalue weighted by atomic mass is 16.5. The van der Waals surface area contributed by atoms with Gasteiger partial charge in [0.1, 0.15) is 11.5 Å². The number of aromatic hydroxyl groups is 1. The van der Waals surface area contributed by atoms with Crippen LogP contribution in [0.1, 0.15) is 118 Å². The molecule has 1 heterocycles. The molecular formula is C34H45NO4. The van der Waals surface area contributed by atoms with Gasteiger partial charge in [0, 0.05) is 41.5 Å². The molecule has 0 saturated heterocycles. The zero-order chi connectivity index (χ0) is 27.5. The minimum atomic E-state index is 0.0277. The van der Waals surface area contributed by atoms with Gasteiger partial charge in [-0.1, -0.05) is 81.9 Å². The van der Waals surface area contributed by atoms with Crippen LogP contribution in [0.2, 0.25) is 0 Å². The fraction of sp³-hybridized carbons (Fsp3) is 0.529. The van der Waals surface area contributed by atoms with Crippen LogP contribution in [-0.2, 0) is 11.2 Å². The van der Waals surface area contributed by atoms with Gasteiger partial charge in [0.15, 0.2) is 5.78 Å². The van der Waals surface area contributed by atoms with Gasteiger partial charge in [-0.15, -0.1) is 0 Å². The molecule has 0 radical (unpaired) electrons. The van der Waals surface area contributed by atoms with Crippen LogP contribution in [0.5, 0.6) is 11.5 Å². The zero-order valence-corrected chi connectivity index (χ0v) is 23.6. The maximum absolute atomic E-state index is 12.6. The lowest BCUT2D eigenvalue weighted by Crippen LogP contribution is -2.32. The normalized spacial score (nSPS) is 17.9. The van der Waals surface area contributed by atoms with Crippen molar-refractivity contribution in [2.24, 2.45) is 5.92 Å². The standard InChI is InChI=1S/C34H45NO4/c1-2-3-4-5-6-9-14-25-21-31(37)34-29-23-28(20-19-27(29)24-39-32(34)22-25)35-33(38)18-13-8-12-17-30(36)26-15-10-7-11-16-26/h7,10-11,15-16,20-22,27,29,37H,2-6,8-9,12-14,17-19,23-24H2,1H3,(H,35,38). The largest absolute Gasteiger partial charge is 0.508 e. The maximum atomic E-state index is 12.6. The molecule has 2 aromatic rings. The third-order valence-corrected chi connectivity index (χ3v) is 8.20. The number of hydrogen-bond donors (Lipinski definition) is 2. The topological polar surface area (TPSA) is 75.6 Å². The van der Waals surface area contributed by atoms with Gasteiger partial charge in [-0.25, -0.2) is 0 Å². The van der Waals surface area contributed by atoms with Gasteiger partial charge < -0.3 is 15.2 Å². The van der Waals surface area contributed by atoms with Crippen molar-refractivity contribution in [3.05, 3.63) is 70.9 Å². The molecule has 0 spiro atoms. The predicted molar refractivity (Wildman–Crippen MR) is 156 cm³/mol. The number of Topliss-reactive ketones (excluding diaryl/α,β-unsaturated/α-hetero) is 1. The summed E-state index contributed by atoms with van der Waals surface area (Å²) in [4.78, 5) is 24.9. The summed E-state index contributed by atoms with van der Waals surface area (Å²) in [6.07, 6.45) is 15.5. The van der Waals surface area contributed by atoms with Crippen molar-refractivity contribution in [2.45, 2.75) is 103 Å². The van der Waals surface area contributed by atoms with Gasteiger partial charge in [0.05, 0.1) is 6.61 Å². The zero-order valence-electron chi connectivity index (χ0n) is 23.6. The lowest BCUT2D eigenvalue weighted by atomic mass is 9.75. The highest BCUT2D eigenvalue weighted by Crippen LogP contribution is 2.48. The molecule has 1 amide bonds. The SMILES string of the molecule is CCCCCCCCc1cc(O)c2c(c1)OCC1CC=C(NC(=O)CCCCCC(=O)c3ccccc3)CC21. The summed E-state index contributed by atoms with van der Waals surface area (Å²) in [6, 6.07) is 13.4. The van der Waals surface area contributed by atoms with E-state index in [0.717, 1.165) is 66.7 Å². The van der Waals surface area contributed by atoms with E-state index in [9.17, 15) is 14.7 Å². The maximum Gasteiger partial charge on any atom is 0.224 e. The first-order valence-corrected chi connectivity index (χ1v) is 15.1. The van der Waals surface area contributed by atoms with Gasteiger partial charge >= 0.3 is 0 Å². The molecule has 4 rings (SSSR count). The molecule has 210 valence electrons. The molecule has 5 nitrogen and oxygen atoms in total. The second-order valence-electron chi connectivity index (χ2n) is 11.3. The van der Waals surface area contributed by atoms with Crippen molar-refractivity contribution >= 4 is 11.7 Å². The molecular weight excluding hydrogens is 486 g/mol. The van der Waals surface area contributed by atoms with Crippen LogP contribution in [0.25, 0.3) is 0 Å². The second kappa shape index (κ2) is 14.9. The minimum absolute atomic E-state index is 0.0277. The number of nitrogens with one attached hydrogen (secondary N) is 1. The first-order chi connectivity index (χ1) is 19.0. The molecule has 1 aliphatic heterocycles. The third-order valence-electron chi connectivity index (χ3n) is 8.20. The van der Waals surface area contributed by atoms with E-state index < -0.39 is 0 Å². The van der Waals surface area contributed by atoms with Gasteiger partial charge in [0.25, 0.3) is 0 Å². The van der Waals surface area contributed by atoms with Crippen LogP contribution in [-0.4, -0.2) is 23.4 Å². The van der Waals surface area contributed by atoms with Crippen molar-refractivity contribution in [1.82, 2.24) is 5.32 Å². The number of ketones is 1. The number of amides is 1. The lowest BCUT2D eigenvalue weighted by molar-refractivity contribution is -0.120. The number of benzene rings is 2. The monoisotopic (exact) mass is 531 g/mol. The molecule has 0 bridgehead atoms. The summed E-state index contributed by atoms with van der Waals surface area (Å²) >= 11 is 0. The number of fused-ring (bicyclic) bond motifs is 3. The van der Waals surface area contributed by atoms with E-state index in [2.05, 4.69) is 24.4 Å². The van der Waals surface area contributed by atoms with Crippen LogP contribution in [0.15, 0.2) is 54.2 Å². The number of allylic oxidation sites excluding steroid dienone is 2. The molecule has 0 aromatic heterocycles. The Kier molecular flexibility index (Phi) is 11.1. The average molecular weight is 532 g/mol. The molecule has 39 heavy (non-hydrogen) atoms. The van der Waals surface area contributed by atoms with Crippen LogP contribution >= 0.6 is 0 Å². The lowest BCUT2D eigenvalue weighted by Gasteiger charge is -2.37. The number of rotatable bonds is 15. The number of carbonyl (C=O) groups is 2. The molecule has 2 unspecified atom stereocenters. The molecule has 1 aliphatic carbocycles. The van der Waals surface area contributed by atoms with E-state index in [-0.39, 0.29) is 17.6 Å². The van der Waals surface area contributed by atoms with E-state index in [4.69, 9.17) is 4.74 Å². The quantitative estimate of drug-likeness (QED) is 0.180. The van der Waals surface area contributed by atoms with E-state index in [1.54, 1.807) is 0 Å². The Balaban J connectivity index is 1.22. The molecule has 5 heteroatoms. The molecule has 2 N–H and O–H groups in total. The highest BCUT2D eigenvalue weighted by Gasteiger charge is 2.36. The van der Waals surface area contributed by atoms with Crippen molar-refractivity contribution in [1.29, 1.82) is 0 Å². The summed E-state index contributed by atoms with van der Waals surface area (Å²) in [5, 5.41) is 14.1. The fourth-order valence-corrected chi connectivity index (χ4v) is 5.94. The Morgan fingerprint density at radius 2 is 1.69 bits per heavy atom. The van der Waals surface area contributed by atoms with E-state index >= 15 is 0 Å². The Hall–Kier alpha value is -3.08. The molecule has 0 fully saturated rings. The smallest absolute Gasteiger partial charge is 0.224 e. The first-order valence-electron chi connectivity index (χ1n) is 15.1. The summed E-state index contributed by atoms with van der Waals surface area (Å²) < 4.78 is 6.11. The van der Waals surface area contributed by atoms with Gasteiger partial charge in [0.2, 0.25) is 5.91 Å². The van der Waals surface area contributed by atoms with E-state index in [1.165, 1.54) is 32.1 Å². The fourth-order valence-electron chi connectivity index (χ4n) is 5.94. The number of carbonyl (C=O) groups excluding carboxylic acids is 2. The number of phenolic OH excluding ortho intramolecular Hbond substituents is 1. The van der Waals surface area contributed by atoms with E-state index in [1.807, 2.05) is 36.4 Å². The second-order valence-corrected chi connectivity index (χ2v) is 11.3. The summed E-state index contributed by atoms with van der Waals surface area (Å²) in [6.45, 7) is 2.89. The molecule has 2 aromatic carbocycles. The van der Waals surface area contributed by atoms with Crippen LogP contribution in [0.3, 0.4) is 0 Å². The number of hydrogen-bond acceptors (Lipinski definition) is 4. The number of ether oxygens (including phenoxy) is 1. The Bertz CT molecular complexity index is 1120. The van der Waals surface area contributed by atoms with Gasteiger partial charge in [-0.05, 0) is 56.2 Å². The van der Waals surface area contributed by atoms with Gasteiger partial charge in [-0.3, -0.25) is 9.59 Å². The Labute approximate surface area is 234 Å². The molecule has 2 atom stereocenters. The summed E-state index contributed by atoms with van der Waals surface area (Å²) in [5.41, 5.74) is 3.75. The van der Waals surface area contributed by atoms with Crippen molar-refractivity contribution < 1.29 is 19.4 Å². The third kappa shape index (κ3) is 8.45. The first kappa shape index (κ1) is 28.9. The number of unbranched alkanes of at least 4 members (excludes halogenated alkanes) is 7. The predicted octanol–water partition coefficient (Wildman–Crippen LogP) is 8.01.